The summed E-state index contributed by atoms with van der Waals surface area (Å²) in [6, 6.07) is 8.83. The molecule has 0 bridgehead atoms. The van der Waals surface area contributed by atoms with Crippen molar-refractivity contribution in [2.45, 2.75) is 12.7 Å². The van der Waals surface area contributed by atoms with Crippen LogP contribution >= 0.6 is 0 Å². The molecule has 4 nitrogen and oxygen atoms in total. The summed E-state index contributed by atoms with van der Waals surface area (Å²) in [6.07, 6.45) is -3.32. The molecule has 0 fully saturated rings. The number of carbonyl (C=O) groups excluding carboxylic acids is 1. The van der Waals surface area contributed by atoms with Gasteiger partial charge in [-0.05, 0) is 29.8 Å². The second-order valence-corrected chi connectivity index (χ2v) is 4.34. The maximum Gasteiger partial charge on any atom is 0.433 e. The van der Waals surface area contributed by atoms with Gasteiger partial charge in [0.1, 0.15) is 5.69 Å². The summed E-state index contributed by atoms with van der Waals surface area (Å²) in [6.45, 7) is 0.395. The Morgan fingerprint density at radius 2 is 1.81 bits per heavy atom. The fourth-order valence-corrected chi connectivity index (χ4v) is 1.66. The van der Waals surface area contributed by atoms with Gasteiger partial charge >= 0.3 is 6.18 Å². The van der Waals surface area contributed by atoms with Crippen LogP contribution in [0, 0.1) is 0 Å². The van der Waals surface area contributed by atoms with E-state index in [0.717, 1.165) is 17.8 Å². The molecule has 2 rings (SSSR count). The Morgan fingerprint density at radius 1 is 1.14 bits per heavy atom. The van der Waals surface area contributed by atoms with E-state index in [4.69, 9.17) is 5.73 Å². The number of halogens is 3. The molecule has 0 spiro atoms. The highest BCUT2D eigenvalue weighted by Gasteiger charge is 2.31. The second-order valence-electron chi connectivity index (χ2n) is 4.34. The third-order valence-electron chi connectivity index (χ3n) is 2.79. The molecule has 7 heteroatoms. The van der Waals surface area contributed by atoms with Gasteiger partial charge in [-0.2, -0.15) is 13.2 Å². The van der Waals surface area contributed by atoms with Gasteiger partial charge in [0.25, 0.3) is 0 Å². The first-order valence-electron chi connectivity index (χ1n) is 6.02. The molecular formula is C14H12F3N3O. The quantitative estimate of drug-likeness (QED) is 0.911. The van der Waals surface area contributed by atoms with E-state index in [1.54, 1.807) is 24.3 Å². The highest BCUT2D eigenvalue weighted by Crippen LogP contribution is 2.27. The minimum Gasteiger partial charge on any atom is -0.380 e. The fraction of sp³-hybridized carbons (Fsp3) is 0.143. The molecule has 21 heavy (non-hydrogen) atoms. The van der Waals surface area contributed by atoms with Crippen molar-refractivity contribution in [3.05, 3.63) is 59.4 Å². The minimum atomic E-state index is -4.44. The Morgan fingerprint density at radius 3 is 2.29 bits per heavy atom. The maximum absolute atomic E-state index is 12.4. The Labute approximate surface area is 118 Å². The number of benzene rings is 1. The lowest BCUT2D eigenvalue weighted by Crippen LogP contribution is -2.11. The van der Waals surface area contributed by atoms with Crippen LogP contribution in [0.5, 0.6) is 0 Å². The Hall–Kier alpha value is -2.57. The number of primary amides is 1. The minimum absolute atomic E-state index is 0.395. The normalized spacial score (nSPS) is 11.2. The molecule has 110 valence electrons. The zero-order valence-corrected chi connectivity index (χ0v) is 10.8. The first-order valence-corrected chi connectivity index (χ1v) is 6.02. The summed E-state index contributed by atoms with van der Waals surface area (Å²) in [5, 5.41) is 2.94. The van der Waals surface area contributed by atoms with Gasteiger partial charge in [-0.25, -0.2) is 4.98 Å². The zero-order valence-electron chi connectivity index (χ0n) is 10.8. The van der Waals surface area contributed by atoms with E-state index in [1.165, 1.54) is 6.07 Å². The molecule has 0 unspecified atom stereocenters. The molecule has 1 aromatic heterocycles. The van der Waals surface area contributed by atoms with E-state index in [-0.39, 0.29) is 0 Å². The number of hydrogen-bond acceptors (Lipinski definition) is 3. The van der Waals surface area contributed by atoms with Crippen molar-refractivity contribution in [1.29, 1.82) is 0 Å². The largest absolute Gasteiger partial charge is 0.433 e. The van der Waals surface area contributed by atoms with Crippen LogP contribution in [0.3, 0.4) is 0 Å². The molecule has 0 atom stereocenters. The van der Waals surface area contributed by atoms with E-state index in [9.17, 15) is 18.0 Å². The predicted molar refractivity (Wildman–Crippen MR) is 71.5 cm³/mol. The van der Waals surface area contributed by atoms with Gasteiger partial charge in [-0.3, -0.25) is 4.79 Å². The Bertz CT molecular complexity index is 621. The van der Waals surface area contributed by atoms with E-state index < -0.39 is 17.8 Å². The summed E-state index contributed by atoms with van der Waals surface area (Å²) in [7, 11) is 0. The van der Waals surface area contributed by atoms with Crippen molar-refractivity contribution in [2.24, 2.45) is 5.73 Å². The lowest BCUT2D eigenvalue weighted by Gasteiger charge is -2.09. The third-order valence-corrected chi connectivity index (χ3v) is 2.79. The van der Waals surface area contributed by atoms with E-state index in [0.29, 0.717) is 17.8 Å². The van der Waals surface area contributed by atoms with Gasteiger partial charge in [-0.1, -0.05) is 12.1 Å². The number of rotatable bonds is 4. The monoisotopic (exact) mass is 295 g/mol. The summed E-state index contributed by atoms with van der Waals surface area (Å²) in [5.74, 6) is -0.513. The summed E-state index contributed by atoms with van der Waals surface area (Å²) in [4.78, 5) is 14.3. The van der Waals surface area contributed by atoms with Crippen LogP contribution in [-0.2, 0) is 12.7 Å². The first kappa shape index (κ1) is 14.8. The molecule has 2 aromatic rings. The Kier molecular flexibility index (Phi) is 4.11. The number of pyridine rings is 1. The van der Waals surface area contributed by atoms with Gasteiger partial charge in [0.05, 0.1) is 11.9 Å². The smallest absolute Gasteiger partial charge is 0.380 e. The van der Waals surface area contributed by atoms with E-state index in [2.05, 4.69) is 10.3 Å². The molecule has 0 aliphatic carbocycles. The number of anilines is 1. The summed E-state index contributed by atoms with van der Waals surface area (Å²) in [5.41, 5.74) is 5.92. The summed E-state index contributed by atoms with van der Waals surface area (Å²) >= 11 is 0. The molecule has 0 saturated heterocycles. The number of aromatic nitrogens is 1. The number of nitrogens with two attached hydrogens (primary N) is 1. The molecule has 1 amide bonds. The lowest BCUT2D eigenvalue weighted by atomic mass is 10.1. The standard InChI is InChI=1S/C14H12F3N3O/c15-14(16,17)12-6-5-11(8-20-12)19-7-9-1-3-10(4-2-9)13(18)21/h1-6,8,19H,7H2,(H2,18,21). The molecule has 3 N–H and O–H groups in total. The second kappa shape index (κ2) is 5.82. The molecule has 0 aliphatic heterocycles. The van der Waals surface area contributed by atoms with Crippen LogP contribution in [0.2, 0.25) is 0 Å². The topological polar surface area (TPSA) is 68.0 Å². The van der Waals surface area contributed by atoms with Crippen LogP contribution in [0.1, 0.15) is 21.6 Å². The molecule has 0 radical (unpaired) electrons. The number of nitrogens with zero attached hydrogens (tertiary/aromatic N) is 1. The van der Waals surface area contributed by atoms with Crippen molar-refractivity contribution in [3.63, 3.8) is 0 Å². The molecule has 0 saturated carbocycles. The Balaban J connectivity index is 1.98. The number of carbonyl (C=O) groups is 1. The highest BCUT2D eigenvalue weighted by molar-refractivity contribution is 5.92. The van der Waals surface area contributed by atoms with Gasteiger partial charge in [0, 0.05) is 12.1 Å². The highest BCUT2D eigenvalue weighted by atomic mass is 19.4. The molecule has 0 aliphatic rings. The van der Waals surface area contributed by atoms with Crippen molar-refractivity contribution < 1.29 is 18.0 Å². The fourth-order valence-electron chi connectivity index (χ4n) is 1.66. The van der Waals surface area contributed by atoms with Crippen molar-refractivity contribution >= 4 is 11.6 Å². The first-order chi connectivity index (χ1) is 9.86. The van der Waals surface area contributed by atoms with Crippen LogP contribution < -0.4 is 11.1 Å². The SMILES string of the molecule is NC(=O)c1ccc(CNc2ccc(C(F)(F)F)nc2)cc1. The number of amides is 1. The van der Waals surface area contributed by atoms with Crippen molar-refractivity contribution in [1.82, 2.24) is 4.98 Å². The van der Waals surface area contributed by atoms with Crippen LogP contribution in [0.25, 0.3) is 0 Å². The van der Waals surface area contributed by atoms with Gasteiger partial charge in [0.15, 0.2) is 0 Å². The number of nitrogens with one attached hydrogen (secondary N) is 1. The van der Waals surface area contributed by atoms with Crippen LogP contribution in [-0.4, -0.2) is 10.9 Å². The number of hydrogen-bond donors (Lipinski definition) is 2. The lowest BCUT2D eigenvalue weighted by molar-refractivity contribution is -0.141. The van der Waals surface area contributed by atoms with Gasteiger partial charge in [0.2, 0.25) is 5.91 Å². The molecule has 1 heterocycles. The third kappa shape index (κ3) is 3.95. The average Bonchev–Trinajstić information content (AvgIpc) is 2.45. The van der Waals surface area contributed by atoms with Crippen molar-refractivity contribution in [2.75, 3.05) is 5.32 Å². The average molecular weight is 295 g/mol. The summed E-state index contributed by atoms with van der Waals surface area (Å²) < 4.78 is 37.1. The van der Waals surface area contributed by atoms with Gasteiger partial charge in [-0.15, -0.1) is 0 Å². The number of alkyl halides is 3. The molecular weight excluding hydrogens is 283 g/mol. The van der Waals surface area contributed by atoms with E-state index >= 15 is 0 Å². The molecule has 1 aromatic carbocycles. The van der Waals surface area contributed by atoms with Gasteiger partial charge < -0.3 is 11.1 Å². The van der Waals surface area contributed by atoms with E-state index in [1.807, 2.05) is 0 Å². The van der Waals surface area contributed by atoms with Crippen LogP contribution in [0.4, 0.5) is 18.9 Å². The van der Waals surface area contributed by atoms with Crippen molar-refractivity contribution in [3.8, 4) is 0 Å². The zero-order chi connectivity index (χ0) is 15.5. The van der Waals surface area contributed by atoms with Crippen LogP contribution in [0.15, 0.2) is 42.6 Å². The predicted octanol–water partition coefficient (Wildman–Crippen LogP) is 2.81. The maximum atomic E-state index is 12.4.